The fraction of sp³-hybridized carbons (Fsp3) is 0.435. The van der Waals surface area contributed by atoms with Crippen molar-refractivity contribution >= 4 is 17.6 Å². The summed E-state index contributed by atoms with van der Waals surface area (Å²) >= 11 is 6.24. The summed E-state index contributed by atoms with van der Waals surface area (Å²) in [5.41, 5.74) is 1.86. The molecule has 0 bridgehead atoms. The van der Waals surface area contributed by atoms with Crippen LogP contribution in [0.2, 0.25) is 5.02 Å². The molecule has 4 nitrogen and oxygen atoms in total. The van der Waals surface area contributed by atoms with Gasteiger partial charge in [-0.3, -0.25) is 0 Å². The molecule has 0 spiro atoms. The van der Waals surface area contributed by atoms with Crippen molar-refractivity contribution in [3.8, 4) is 5.75 Å². The number of aromatic carboxylic acids is 1. The van der Waals surface area contributed by atoms with Crippen molar-refractivity contribution in [2.75, 3.05) is 0 Å². The second-order valence-corrected chi connectivity index (χ2v) is 8.71. The highest BCUT2D eigenvalue weighted by Gasteiger charge is 2.50. The highest BCUT2D eigenvalue weighted by atomic mass is 35.5. The molecule has 4 atom stereocenters. The lowest BCUT2D eigenvalue weighted by molar-refractivity contribution is -0.159. The third-order valence-electron chi connectivity index (χ3n) is 6.15. The Labute approximate surface area is 170 Å². The molecule has 0 unspecified atom stereocenters. The lowest BCUT2D eigenvalue weighted by Gasteiger charge is -2.51. The van der Waals surface area contributed by atoms with Crippen LogP contribution in [0.25, 0.3) is 0 Å². The molecule has 28 heavy (non-hydrogen) atoms. The van der Waals surface area contributed by atoms with Crippen molar-refractivity contribution in [3.05, 3.63) is 64.2 Å². The number of carbonyl (C=O) groups is 1. The molecule has 2 aromatic rings. The van der Waals surface area contributed by atoms with Crippen LogP contribution in [0.4, 0.5) is 0 Å². The van der Waals surface area contributed by atoms with Crippen molar-refractivity contribution in [3.63, 3.8) is 0 Å². The van der Waals surface area contributed by atoms with Crippen molar-refractivity contribution < 1.29 is 19.4 Å². The van der Waals surface area contributed by atoms with Gasteiger partial charge in [0.15, 0.2) is 0 Å². The summed E-state index contributed by atoms with van der Waals surface area (Å²) in [6.45, 7) is 6.30. The SMILES string of the molecule is CC[C@H]1O[C@@H]2c3cc(C(=O)O)ccc3OC(C)(C)[C@H]2C[C@@H]1c1cccc(Cl)c1. The molecule has 0 aliphatic carbocycles. The molecule has 5 heteroatoms. The van der Waals surface area contributed by atoms with Crippen LogP contribution in [-0.2, 0) is 4.74 Å². The van der Waals surface area contributed by atoms with Crippen LogP contribution in [0.1, 0.15) is 67.1 Å². The van der Waals surface area contributed by atoms with E-state index >= 15 is 0 Å². The number of rotatable bonds is 3. The summed E-state index contributed by atoms with van der Waals surface area (Å²) < 4.78 is 12.9. The van der Waals surface area contributed by atoms with Gasteiger partial charge in [0, 0.05) is 22.4 Å². The van der Waals surface area contributed by atoms with Gasteiger partial charge in [-0.1, -0.05) is 30.7 Å². The number of fused-ring (bicyclic) bond motifs is 3. The number of halogens is 1. The molecule has 0 aromatic heterocycles. The van der Waals surface area contributed by atoms with E-state index in [2.05, 4.69) is 26.8 Å². The molecule has 0 saturated carbocycles. The average Bonchev–Trinajstić information content (AvgIpc) is 2.66. The van der Waals surface area contributed by atoms with Crippen LogP contribution in [-0.4, -0.2) is 22.8 Å². The van der Waals surface area contributed by atoms with E-state index in [1.54, 1.807) is 18.2 Å². The van der Waals surface area contributed by atoms with E-state index in [-0.39, 0.29) is 29.6 Å². The number of carboxylic acid groups (broad SMARTS) is 1. The Morgan fingerprint density at radius 3 is 2.71 bits per heavy atom. The van der Waals surface area contributed by atoms with Crippen LogP contribution in [0, 0.1) is 5.92 Å². The van der Waals surface area contributed by atoms with Gasteiger partial charge in [-0.2, -0.15) is 0 Å². The molecule has 0 radical (unpaired) electrons. The van der Waals surface area contributed by atoms with E-state index in [1.807, 2.05) is 18.2 Å². The quantitative estimate of drug-likeness (QED) is 0.702. The Hall–Kier alpha value is -2.04. The summed E-state index contributed by atoms with van der Waals surface area (Å²) in [4.78, 5) is 11.5. The van der Waals surface area contributed by atoms with E-state index in [4.69, 9.17) is 21.1 Å². The highest BCUT2D eigenvalue weighted by molar-refractivity contribution is 6.30. The molecule has 2 heterocycles. The van der Waals surface area contributed by atoms with E-state index in [1.165, 1.54) is 5.56 Å². The van der Waals surface area contributed by atoms with Crippen LogP contribution in [0.15, 0.2) is 42.5 Å². The van der Waals surface area contributed by atoms with E-state index < -0.39 is 11.6 Å². The number of hydrogen-bond donors (Lipinski definition) is 1. The predicted octanol–water partition coefficient (Wildman–Crippen LogP) is 5.85. The minimum Gasteiger partial charge on any atom is -0.487 e. The monoisotopic (exact) mass is 400 g/mol. The van der Waals surface area contributed by atoms with Gasteiger partial charge in [0.05, 0.1) is 17.8 Å². The first-order chi connectivity index (χ1) is 13.3. The van der Waals surface area contributed by atoms with E-state index in [0.717, 1.165) is 23.4 Å². The van der Waals surface area contributed by atoms with Gasteiger partial charge in [-0.25, -0.2) is 4.79 Å². The van der Waals surface area contributed by atoms with Gasteiger partial charge < -0.3 is 14.6 Å². The van der Waals surface area contributed by atoms with Crippen LogP contribution in [0.3, 0.4) is 0 Å². The Bertz CT molecular complexity index is 907. The Morgan fingerprint density at radius 1 is 1.25 bits per heavy atom. The molecule has 2 aromatic carbocycles. The second kappa shape index (κ2) is 7.09. The number of benzene rings is 2. The smallest absolute Gasteiger partial charge is 0.335 e. The number of carboxylic acids is 1. The normalized spacial score (nSPS) is 28.0. The average molecular weight is 401 g/mol. The third kappa shape index (κ3) is 3.29. The van der Waals surface area contributed by atoms with E-state index in [0.29, 0.717) is 5.75 Å². The van der Waals surface area contributed by atoms with Gasteiger partial charge >= 0.3 is 5.97 Å². The lowest BCUT2D eigenvalue weighted by Crippen LogP contribution is -2.50. The maximum Gasteiger partial charge on any atom is 0.335 e. The zero-order valence-corrected chi connectivity index (χ0v) is 17.1. The van der Waals surface area contributed by atoms with Crippen molar-refractivity contribution in [2.45, 2.75) is 57.3 Å². The molecule has 2 aliphatic rings. The fourth-order valence-electron chi connectivity index (χ4n) is 4.69. The van der Waals surface area contributed by atoms with Crippen LogP contribution in [0.5, 0.6) is 5.75 Å². The van der Waals surface area contributed by atoms with Gasteiger partial charge in [0.25, 0.3) is 0 Å². The minimum atomic E-state index is -0.941. The van der Waals surface area contributed by atoms with Gasteiger partial charge in [-0.15, -0.1) is 0 Å². The zero-order valence-electron chi connectivity index (χ0n) is 16.3. The molecular weight excluding hydrogens is 376 g/mol. The van der Waals surface area contributed by atoms with Crippen LogP contribution >= 0.6 is 11.6 Å². The van der Waals surface area contributed by atoms with Gasteiger partial charge in [-0.05, 0) is 62.6 Å². The first-order valence-electron chi connectivity index (χ1n) is 9.77. The lowest BCUT2D eigenvalue weighted by atomic mass is 9.70. The Kier molecular flexibility index (Phi) is 4.88. The summed E-state index contributed by atoms with van der Waals surface area (Å²) in [5, 5.41) is 10.1. The predicted molar refractivity (Wildman–Crippen MR) is 108 cm³/mol. The van der Waals surface area contributed by atoms with Crippen LogP contribution < -0.4 is 4.74 Å². The molecule has 148 valence electrons. The first-order valence-corrected chi connectivity index (χ1v) is 10.1. The molecule has 0 amide bonds. The molecular formula is C23H25ClO4. The molecule has 1 fully saturated rings. The summed E-state index contributed by atoms with van der Waals surface area (Å²) in [6, 6.07) is 13.0. The summed E-state index contributed by atoms with van der Waals surface area (Å²) in [6.07, 6.45) is 1.62. The molecule has 2 aliphatic heterocycles. The Morgan fingerprint density at radius 2 is 2.04 bits per heavy atom. The van der Waals surface area contributed by atoms with Gasteiger partial charge in [0.1, 0.15) is 11.4 Å². The minimum absolute atomic E-state index is 0.0370. The Balaban J connectivity index is 1.75. The molecule has 4 rings (SSSR count). The molecule has 1 N–H and O–H groups in total. The zero-order chi connectivity index (χ0) is 20.1. The summed E-state index contributed by atoms with van der Waals surface area (Å²) in [5.74, 6) is 0.101. The largest absolute Gasteiger partial charge is 0.487 e. The maximum atomic E-state index is 11.5. The maximum absolute atomic E-state index is 11.5. The van der Waals surface area contributed by atoms with Crippen molar-refractivity contribution in [1.29, 1.82) is 0 Å². The topological polar surface area (TPSA) is 55.8 Å². The molecule has 1 saturated heterocycles. The fourth-order valence-corrected chi connectivity index (χ4v) is 4.89. The number of hydrogen-bond acceptors (Lipinski definition) is 3. The highest BCUT2D eigenvalue weighted by Crippen LogP contribution is 2.54. The van der Waals surface area contributed by atoms with Crippen molar-refractivity contribution in [1.82, 2.24) is 0 Å². The number of ether oxygens (including phenoxy) is 2. The van der Waals surface area contributed by atoms with Crippen molar-refractivity contribution in [2.24, 2.45) is 5.92 Å². The first kappa shape index (κ1) is 19.3. The third-order valence-corrected chi connectivity index (χ3v) is 6.39. The van der Waals surface area contributed by atoms with E-state index in [9.17, 15) is 9.90 Å². The second-order valence-electron chi connectivity index (χ2n) is 8.27. The summed E-state index contributed by atoms with van der Waals surface area (Å²) in [7, 11) is 0. The standard InChI is InChI=1S/C23H25ClO4/c1-4-19-16(13-6-5-7-15(24)10-13)12-18-21(27-19)17-11-14(22(25)26)8-9-20(17)28-23(18,2)3/h5-11,16,18-19,21H,4,12H2,1-3H3,(H,25,26)/t16-,18+,19-,21-/m1/s1. The van der Waals surface area contributed by atoms with Gasteiger partial charge in [0.2, 0.25) is 0 Å².